The van der Waals surface area contributed by atoms with Crippen LogP contribution in [0.15, 0.2) is 108 Å². The standard InChI is InChI=1S/C39H44ClN3O4S/c1-3-31-16-11-13-21-36(31)43(48(46,47)34-24-22-29(2)23-25-34)28-38(44)42(27-32-17-10-12-20-35(32)40)37(26-30-14-6-4-7-15-30)39(45)41-33-18-8-5-9-19-33/h4,6-7,10-17,20-25,33,37H,3,5,8-9,18-19,26-28H2,1-2H3,(H,41,45)/t37-/m0/s1. The van der Waals surface area contributed by atoms with Crippen LogP contribution in [0.1, 0.15) is 61.3 Å². The predicted octanol–water partition coefficient (Wildman–Crippen LogP) is 7.50. The summed E-state index contributed by atoms with van der Waals surface area (Å²) in [6.45, 7) is 3.37. The smallest absolute Gasteiger partial charge is 0.264 e. The number of carbonyl (C=O) groups excluding carboxylic acids is 2. The quantitative estimate of drug-likeness (QED) is 0.158. The van der Waals surface area contributed by atoms with E-state index in [9.17, 15) is 18.0 Å². The van der Waals surface area contributed by atoms with E-state index in [4.69, 9.17) is 11.6 Å². The number of hydrogen-bond acceptors (Lipinski definition) is 4. The Morgan fingerprint density at radius 1 is 0.833 bits per heavy atom. The molecule has 0 aliphatic heterocycles. The molecule has 48 heavy (non-hydrogen) atoms. The molecule has 0 unspecified atom stereocenters. The molecule has 1 aliphatic carbocycles. The number of benzene rings is 4. The van der Waals surface area contributed by atoms with Gasteiger partial charge in [0.1, 0.15) is 12.6 Å². The third-order valence-corrected chi connectivity index (χ3v) is 11.2. The Kier molecular flexibility index (Phi) is 12.0. The Hall–Kier alpha value is -4.14. The minimum Gasteiger partial charge on any atom is -0.352 e. The number of amides is 2. The molecular formula is C39H44ClN3O4S. The van der Waals surface area contributed by atoms with Crippen molar-refractivity contribution in [3.8, 4) is 0 Å². The lowest BCUT2D eigenvalue weighted by atomic mass is 9.94. The highest BCUT2D eigenvalue weighted by Gasteiger charge is 2.36. The second-order valence-electron chi connectivity index (χ2n) is 12.5. The molecule has 2 amide bonds. The molecule has 4 aromatic carbocycles. The molecule has 252 valence electrons. The molecule has 1 atom stereocenters. The van der Waals surface area contributed by atoms with Crippen LogP contribution in [0.25, 0.3) is 0 Å². The van der Waals surface area contributed by atoms with Gasteiger partial charge < -0.3 is 10.2 Å². The van der Waals surface area contributed by atoms with Gasteiger partial charge in [0.15, 0.2) is 0 Å². The zero-order chi connectivity index (χ0) is 34.1. The Bertz CT molecular complexity index is 1790. The van der Waals surface area contributed by atoms with E-state index < -0.39 is 28.5 Å². The van der Waals surface area contributed by atoms with E-state index >= 15 is 0 Å². The van der Waals surface area contributed by atoms with Gasteiger partial charge in [-0.25, -0.2) is 8.42 Å². The highest BCUT2D eigenvalue weighted by Crippen LogP contribution is 2.29. The zero-order valence-corrected chi connectivity index (χ0v) is 29.2. The molecule has 4 aromatic rings. The van der Waals surface area contributed by atoms with Crippen molar-refractivity contribution in [1.82, 2.24) is 10.2 Å². The van der Waals surface area contributed by atoms with Crippen LogP contribution in [0, 0.1) is 6.92 Å². The van der Waals surface area contributed by atoms with Crippen molar-refractivity contribution < 1.29 is 18.0 Å². The molecule has 9 heteroatoms. The van der Waals surface area contributed by atoms with Crippen molar-refractivity contribution >= 4 is 39.1 Å². The van der Waals surface area contributed by atoms with E-state index in [0.717, 1.165) is 48.8 Å². The maximum absolute atomic E-state index is 14.8. The van der Waals surface area contributed by atoms with Crippen LogP contribution < -0.4 is 9.62 Å². The molecule has 1 fully saturated rings. The largest absolute Gasteiger partial charge is 0.352 e. The van der Waals surface area contributed by atoms with E-state index in [1.165, 1.54) is 9.21 Å². The summed E-state index contributed by atoms with van der Waals surface area (Å²) in [7, 11) is -4.18. The lowest BCUT2D eigenvalue weighted by molar-refractivity contribution is -0.140. The van der Waals surface area contributed by atoms with Crippen molar-refractivity contribution in [2.45, 2.75) is 82.3 Å². The van der Waals surface area contributed by atoms with E-state index in [-0.39, 0.29) is 29.8 Å². The van der Waals surface area contributed by atoms with E-state index in [1.54, 1.807) is 42.5 Å². The Balaban J connectivity index is 1.59. The number of halogens is 1. The molecule has 0 bridgehead atoms. The van der Waals surface area contributed by atoms with Gasteiger partial charge in [-0.1, -0.05) is 122 Å². The first-order chi connectivity index (χ1) is 23.2. The van der Waals surface area contributed by atoms with Gasteiger partial charge in [-0.2, -0.15) is 0 Å². The van der Waals surface area contributed by atoms with E-state index in [2.05, 4.69) is 5.32 Å². The first kappa shape index (κ1) is 35.2. The Morgan fingerprint density at radius 2 is 1.46 bits per heavy atom. The first-order valence-corrected chi connectivity index (χ1v) is 18.5. The summed E-state index contributed by atoms with van der Waals surface area (Å²) >= 11 is 6.63. The molecule has 0 radical (unpaired) electrons. The Morgan fingerprint density at radius 3 is 2.12 bits per heavy atom. The fourth-order valence-corrected chi connectivity index (χ4v) is 7.96. The molecule has 0 saturated heterocycles. The summed E-state index contributed by atoms with van der Waals surface area (Å²) in [5, 5.41) is 3.70. The molecule has 5 rings (SSSR count). The van der Waals surface area contributed by atoms with Crippen molar-refractivity contribution in [3.63, 3.8) is 0 Å². The summed E-state index contributed by atoms with van der Waals surface area (Å²) in [4.78, 5) is 30.7. The third kappa shape index (κ3) is 8.65. The van der Waals surface area contributed by atoms with Crippen LogP contribution in [-0.2, 0) is 39.0 Å². The molecule has 0 heterocycles. The SMILES string of the molecule is CCc1ccccc1N(CC(=O)N(Cc1ccccc1Cl)[C@@H](Cc1ccccc1)C(=O)NC1CCCCC1)S(=O)(=O)c1ccc(C)cc1. The molecule has 1 N–H and O–H groups in total. The number of aryl methyl sites for hydroxylation is 2. The number of rotatable bonds is 13. The molecule has 1 aliphatic rings. The maximum atomic E-state index is 14.8. The van der Waals surface area contributed by atoms with Crippen molar-refractivity contribution in [1.29, 1.82) is 0 Å². The molecule has 0 aromatic heterocycles. The van der Waals surface area contributed by atoms with Gasteiger partial charge in [0, 0.05) is 24.0 Å². The molecule has 0 spiro atoms. The summed E-state index contributed by atoms with van der Waals surface area (Å²) in [6.07, 6.45) is 5.82. The number of sulfonamides is 1. The number of hydrogen-bond donors (Lipinski definition) is 1. The predicted molar refractivity (Wildman–Crippen MR) is 192 cm³/mol. The van der Waals surface area contributed by atoms with Crippen molar-refractivity contribution in [2.24, 2.45) is 0 Å². The first-order valence-electron chi connectivity index (χ1n) is 16.7. The molecule has 7 nitrogen and oxygen atoms in total. The van der Waals surface area contributed by atoms with Gasteiger partial charge in [0.2, 0.25) is 11.8 Å². The number of nitrogens with zero attached hydrogens (tertiary/aromatic N) is 2. The average Bonchev–Trinajstić information content (AvgIpc) is 3.10. The zero-order valence-electron chi connectivity index (χ0n) is 27.6. The molecular weight excluding hydrogens is 642 g/mol. The molecule has 1 saturated carbocycles. The Labute approximate surface area is 290 Å². The summed E-state index contributed by atoms with van der Waals surface area (Å²) in [5.74, 6) is -0.760. The fraction of sp³-hybridized carbons (Fsp3) is 0.333. The van der Waals surface area contributed by atoms with Crippen LogP contribution >= 0.6 is 11.6 Å². The van der Waals surface area contributed by atoms with E-state index in [0.29, 0.717) is 22.7 Å². The highest BCUT2D eigenvalue weighted by atomic mass is 35.5. The van der Waals surface area contributed by atoms with Crippen LogP contribution in [0.5, 0.6) is 0 Å². The minimum atomic E-state index is -4.18. The van der Waals surface area contributed by atoms with Crippen molar-refractivity contribution in [3.05, 3.63) is 130 Å². The highest BCUT2D eigenvalue weighted by molar-refractivity contribution is 7.92. The second-order valence-corrected chi connectivity index (χ2v) is 14.7. The van der Waals surface area contributed by atoms with Crippen LogP contribution in [0.2, 0.25) is 5.02 Å². The van der Waals surface area contributed by atoms with Gasteiger partial charge in [-0.05, 0) is 67.1 Å². The van der Waals surface area contributed by atoms with Gasteiger partial charge in [0.05, 0.1) is 10.6 Å². The van der Waals surface area contributed by atoms with Crippen molar-refractivity contribution in [2.75, 3.05) is 10.8 Å². The third-order valence-electron chi connectivity index (χ3n) is 9.05. The lowest BCUT2D eigenvalue weighted by Crippen LogP contribution is -2.55. The summed E-state index contributed by atoms with van der Waals surface area (Å²) in [6, 6.07) is 29.8. The average molecular weight is 686 g/mol. The minimum absolute atomic E-state index is 0.0247. The van der Waals surface area contributed by atoms with Gasteiger partial charge in [0.25, 0.3) is 10.0 Å². The maximum Gasteiger partial charge on any atom is 0.264 e. The van der Waals surface area contributed by atoms with Crippen LogP contribution in [-0.4, -0.2) is 43.8 Å². The second kappa shape index (κ2) is 16.3. The van der Waals surface area contributed by atoms with E-state index in [1.807, 2.05) is 74.5 Å². The fourth-order valence-electron chi connectivity index (χ4n) is 6.31. The number of carbonyl (C=O) groups is 2. The van der Waals surface area contributed by atoms with Crippen LogP contribution in [0.3, 0.4) is 0 Å². The van der Waals surface area contributed by atoms with Gasteiger partial charge in [-0.15, -0.1) is 0 Å². The monoisotopic (exact) mass is 685 g/mol. The summed E-state index contributed by atoms with van der Waals surface area (Å²) in [5.41, 5.74) is 3.69. The van der Waals surface area contributed by atoms with Crippen LogP contribution in [0.4, 0.5) is 5.69 Å². The normalized spacial score (nSPS) is 14.2. The summed E-state index contributed by atoms with van der Waals surface area (Å²) < 4.78 is 30.0. The number of anilines is 1. The number of nitrogens with one attached hydrogen (secondary N) is 1. The topological polar surface area (TPSA) is 86.8 Å². The number of para-hydroxylation sites is 1. The van der Waals surface area contributed by atoms with Gasteiger partial charge in [-0.3, -0.25) is 13.9 Å². The van der Waals surface area contributed by atoms with Gasteiger partial charge >= 0.3 is 0 Å². The lowest BCUT2D eigenvalue weighted by Gasteiger charge is -2.35.